The first-order valence-electron chi connectivity index (χ1n) is 5.53. The molecule has 5 nitrogen and oxygen atoms in total. The number of nitrogens with one attached hydrogen (secondary N) is 1. The van der Waals surface area contributed by atoms with E-state index in [1.807, 2.05) is 17.7 Å². The van der Waals surface area contributed by atoms with Crippen LogP contribution in [-0.2, 0) is 6.54 Å². The average molecular weight is 343 g/mol. The summed E-state index contributed by atoms with van der Waals surface area (Å²) in [5.74, 6) is 1.59. The van der Waals surface area contributed by atoms with Gasteiger partial charge in [0.25, 0.3) is 0 Å². The molecule has 6 heteroatoms. The van der Waals surface area contributed by atoms with Gasteiger partial charge >= 0.3 is 0 Å². The van der Waals surface area contributed by atoms with E-state index in [1.54, 1.807) is 12.5 Å². The Kier molecular flexibility index (Phi) is 3.93. The van der Waals surface area contributed by atoms with Gasteiger partial charge in [-0.15, -0.1) is 0 Å². The summed E-state index contributed by atoms with van der Waals surface area (Å²) in [7, 11) is 0. The van der Waals surface area contributed by atoms with Crippen LogP contribution in [0.1, 0.15) is 13.8 Å². The molecule has 1 N–H and O–H groups in total. The highest BCUT2D eigenvalue weighted by Gasteiger charge is 2.09. The fourth-order valence-electron chi connectivity index (χ4n) is 1.54. The molecule has 90 valence electrons. The van der Waals surface area contributed by atoms with Crippen molar-refractivity contribution >= 4 is 28.4 Å². The normalized spacial score (nSPS) is 10.5. The Bertz CT molecular complexity index is 508. The van der Waals surface area contributed by atoms with Crippen molar-refractivity contribution in [2.75, 3.05) is 11.9 Å². The second-order valence-corrected chi connectivity index (χ2v) is 4.65. The van der Waals surface area contributed by atoms with Crippen molar-refractivity contribution in [2.24, 2.45) is 0 Å². The zero-order valence-electron chi connectivity index (χ0n) is 9.81. The molecule has 0 spiro atoms. The Hall–Kier alpha value is -1.18. The summed E-state index contributed by atoms with van der Waals surface area (Å²) in [6.45, 7) is 5.83. The number of rotatable bonds is 4. The second-order valence-electron chi connectivity index (χ2n) is 3.49. The molecule has 0 aliphatic carbocycles. The zero-order chi connectivity index (χ0) is 12.3. The van der Waals surface area contributed by atoms with Gasteiger partial charge in [-0.3, -0.25) is 0 Å². The van der Waals surface area contributed by atoms with Gasteiger partial charge in [-0.25, -0.2) is 15.0 Å². The SMILES string of the molecule is CCNc1nc(-c2cncn2CC)ncc1I. The molecular weight excluding hydrogens is 329 g/mol. The van der Waals surface area contributed by atoms with E-state index < -0.39 is 0 Å². The molecule has 0 radical (unpaired) electrons. The molecule has 2 rings (SSSR count). The van der Waals surface area contributed by atoms with Gasteiger partial charge in [0, 0.05) is 19.3 Å². The van der Waals surface area contributed by atoms with Gasteiger partial charge in [0.15, 0.2) is 5.82 Å². The number of halogens is 1. The fourth-order valence-corrected chi connectivity index (χ4v) is 1.99. The molecule has 0 fully saturated rings. The molecule has 2 aromatic rings. The fraction of sp³-hybridized carbons (Fsp3) is 0.364. The summed E-state index contributed by atoms with van der Waals surface area (Å²) in [6.07, 6.45) is 5.42. The van der Waals surface area contributed by atoms with Crippen molar-refractivity contribution in [1.29, 1.82) is 0 Å². The van der Waals surface area contributed by atoms with Crippen molar-refractivity contribution in [3.8, 4) is 11.5 Å². The Labute approximate surface area is 114 Å². The van der Waals surface area contributed by atoms with E-state index >= 15 is 0 Å². The summed E-state index contributed by atoms with van der Waals surface area (Å²) in [5.41, 5.74) is 0.947. The molecule has 0 unspecified atom stereocenters. The van der Waals surface area contributed by atoms with Crippen LogP contribution in [0.15, 0.2) is 18.7 Å². The van der Waals surface area contributed by atoms with Crippen LogP contribution in [0.5, 0.6) is 0 Å². The molecule has 0 aromatic carbocycles. The molecule has 0 atom stereocenters. The van der Waals surface area contributed by atoms with Crippen molar-refractivity contribution in [1.82, 2.24) is 19.5 Å². The number of imidazole rings is 1. The lowest BCUT2D eigenvalue weighted by atomic mass is 10.4. The topological polar surface area (TPSA) is 55.6 Å². The van der Waals surface area contributed by atoms with E-state index in [-0.39, 0.29) is 0 Å². The quantitative estimate of drug-likeness (QED) is 0.867. The molecular formula is C11H14IN5. The third kappa shape index (κ3) is 2.56. The smallest absolute Gasteiger partial charge is 0.179 e. The summed E-state index contributed by atoms with van der Waals surface area (Å²) in [5, 5.41) is 3.23. The number of aryl methyl sites for hydroxylation is 1. The average Bonchev–Trinajstić information content (AvgIpc) is 2.80. The highest BCUT2D eigenvalue weighted by atomic mass is 127. The monoisotopic (exact) mass is 343 g/mol. The van der Waals surface area contributed by atoms with Gasteiger partial charge in [0.2, 0.25) is 0 Å². The van der Waals surface area contributed by atoms with Crippen LogP contribution in [0.3, 0.4) is 0 Å². The number of hydrogen-bond donors (Lipinski definition) is 1. The largest absolute Gasteiger partial charge is 0.369 e. The molecule has 0 saturated heterocycles. The second kappa shape index (κ2) is 5.44. The predicted octanol–water partition coefficient (Wildman–Crippen LogP) is 2.40. The number of hydrogen-bond acceptors (Lipinski definition) is 4. The van der Waals surface area contributed by atoms with E-state index in [2.05, 4.69) is 49.8 Å². The third-order valence-electron chi connectivity index (χ3n) is 2.37. The van der Waals surface area contributed by atoms with E-state index in [0.717, 1.165) is 28.2 Å². The van der Waals surface area contributed by atoms with Crippen molar-refractivity contribution < 1.29 is 0 Å². The molecule has 0 aliphatic heterocycles. The highest BCUT2D eigenvalue weighted by molar-refractivity contribution is 14.1. The van der Waals surface area contributed by atoms with Crippen LogP contribution >= 0.6 is 22.6 Å². The Morgan fingerprint density at radius 3 is 2.88 bits per heavy atom. The highest BCUT2D eigenvalue weighted by Crippen LogP contribution is 2.20. The first-order chi connectivity index (χ1) is 8.26. The lowest BCUT2D eigenvalue weighted by molar-refractivity contribution is 0.763. The maximum Gasteiger partial charge on any atom is 0.179 e. The van der Waals surface area contributed by atoms with Crippen LogP contribution in [-0.4, -0.2) is 26.1 Å². The van der Waals surface area contributed by atoms with E-state index in [0.29, 0.717) is 5.82 Å². The summed E-state index contributed by atoms with van der Waals surface area (Å²) in [4.78, 5) is 13.0. The molecule has 0 amide bonds. The molecule has 2 heterocycles. The van der Waals surface area contributed by atoms with Crippen molar-refractivity contribution in [3.63, 3.8) is 0 Å². The summed E-state index contributed by atoms with van der Waals surface area (Å²) < 4.78 is 3.05. The molecule has 17 heavy (non-hydrogen) atoms. The van der Waals surface area contributed by atoms with Crippen LogP contribution in [0.2, 0.25) is 0 Å². The minimum atomic E-state index is 0.709. The summed E-state index contributed by atoms with van der Waals surface area (Å²) in [6, 6.07) is 0. The van der Waals surface area contributed by atoms with Gasteiger partial charge in [-0.05, 0) is 36.4 Å². The van der Waals surface area contributed by atoms with Crippen LogP contribution in [0.25, 0.3) is 11.5 Å². The molecule has 0 aliphatic rings. The first kappa shape index (κ1) is 12.3. The van der Waals surface area contributed by atoms with Crippen LogP contribution in [0.4, 0.5) is 5.82 Å². The lowest BCUT2D eigenvalue weighted by Gasteiger charge is -2.08. The number of anilines is 1. The Morgan fingerprint density at radius 2 is 2.18 bits per heavy atom. The van der Waals surface area contributed by atoms with Crippen LogP contribution < -0.4 is 5.32 Å². The predicted molar refractivity (Wildman–Crippen MR) is 75.8 cm³/mol. The van der Waals surface area contributed by atoms with E-state index in [1.165, 1.54) is 0 Å². The number of aromatic nitrogens is 4. The third-order valence-corrected chi connectivity index (χ3v) is 3.16. The molecule has 2 aromatic heterocycles. The number of nitrogens with zero attached hydrogens (tertiary/aromatic N) is 4. The van der Waals surface area contributed by atoms with Gasteiger partial charge in [-0.2, -0.15) is 0 Å². The summed E-state index contributed by atoms with van der Waals surface area (Å²) >= 11 is 2.23. The molecule has 0 bridgehead atoms. The lowest BCUT2D eigenvalue weighted by Crippen LogP contribution is -2.05. The van der Waals surface area contributed by atoms with E-state index in [4.69, 9.17) is 0 Å². The minimum absolute atomic E-state index is 0.709. The zero-order valence-corrected chi connectivity index (χ0v) is 12.0. The van der Waals surface area contributed by atoms with Crippen molar-refractivity contribution in [2.45, 2.75) is 20.4 Å². The maximum absolute atomic E-state index is 4.52. The minimum Gasteiger partial charge on any atom is -0.369 e. The standard InChI is InChI=1S/C11H14IN5/c1-3-14-10-8(12)5-15-11(16-10)9-6-13-7-17(9)4-2/h5-7H,3-4H2,1-2H3,(H,14,15,16). The van der Waals surface area contributed by atoms with Gasteiger partial charge in [0.05, 0.1) is 16.1 Å². The first-order valence-corrected chi connectivity index (χ1v) is 6.61. The van der Waals surface area contributed by atoms with Crippen LogP contribution in [0, 0.1) is 3.57 Å². The van der Waals surface area contributed by atoms with Gasteiger partial charge < -0.3 is 9.88 Å². The Balaban J connectivity index is 2.42. The Morgan fingerprint density at radius 1 is 1.35 bits per heavy atom. The van der Waals surface area contributed by atoms with Gasteiger partial charge in [0.1, 0.15) is 11.5 Å². The van der Waals surface area contributed by atoms with Gasteiger partial charge in [-0.1, -0.05) is 0 Å². The maximum atomic E-state index is 4.52. The van der Waals surface area contributed by atoms with E-state index in [9.17, 15) is 0 Å². The van der Waals surface area contributed by atoms with Crippen molar-refractivity contribution in [3.05, 3.63) is 22.3 Å². The molecule has 0 saturated carbocycles.